The van der Waals surface area contributed by atoms with E-state index in [1.54, 1.807) is 0 Å². The van der Waals surface area contributed by atoms with Crippen LogP contribution in [0.25, 0.3) is 0 Å². The topological polar surface area (TPSA) is 17.8 Å². The zero-order valence-corrected chi connectivity index (χ0v) is 7.72. The Morgan fingerprint density at radius 1 is 1.64 bits per heavy atom. The minimum atomic E-state index is 0.953. The molecule has 0 unspecified atom stereocenters. The van der Waals surface area contributed by atoms with E-state index in [2.05, 4.69) is 29.1 Å². The molecule has 1 rings (SSSR count). The monoisotopic (exact) mass is 170 g/mol. The predicted molar refractivity (Wildman–Crippen MR) is 50.1 cm³/mol. The molecule has 0 aliphatic heterocycles. The molecule has 62 valence electrons. The second kappa shape index (κ2) is 4.44. The van der Waals surface area contributed by atoms with Gasteiger partial charge in [0.1, 0.15) is 0 Å². The molecule has 0 radical (unpaired) electrons. The number of rotatable bonds is 4. The molecular weight excluding hydrogens is 156 g/mol. The van der Waals surface area contributed by atoms with Gasteiger partial charge in [-0.3, -0.25) is 0 Å². The Balaban J connectivity index is 2.54. The summed E-state index contributed by atoms with van der Waals surface area (Å²) in [5.41, 5.74) is 1.32. The Morgan fingerprint density at radius 2 is 2.45 bits per heavy atom. The fourth-order valence-corrected chi connectivity index (χ4v) is 1.26. The van der Waals surface area contributed by atoms with Crippen molar-refractivity contribution in [3.8, 4) is 0 Å². The van der Waals surface area contributed by atoms with Gasteiger partial charge in [-0.15, -0.1) is 0 Å². The maximum atomic E-state index is 4.17. The van der Waals surface area contributed by atoms with E-state index < -0.39 is 0 Å². The second-order valence-electron chi connectivity index (χ2n) is 2.50. The van der Waals surface area contributed by atoms with Crippen molar-refractivity contribution >= 4 is 12.6 Å². The van der Waals surface area contributed by atoms with Gasteiger partial charge in [0.25, 0.3) is 0 Å². The summed E-state index contributed by atoms with van der Waals surface area (Å²) in [6.45, 7) is 3.15. The van der Waals surface area contributed by atoms with Gasteiger partial charge in [-0.1, -0.05) is 0 Å². The molecule has 11 heavy (non-hydrogen) atoms. The largest absolute Gasteiger partial charge is 0.335 e. The van der Waals surface area contributed by atoms with Gasteiger partial charge < -0.3 is 4.57 Å². The summed E-state index contributed by atoms with van der Waals surface area (Å²) in [4.78, 5) is 4.08. The highest BCUT2D eigenvalue weighted by atomic mass is 32.1. The van der Waals surface area contributed by atoms with Crippen LogP contribution >= 0.6 is 12.6 Å². The number of nitrogens with zero attached hydrogens (tertiary/aromatic N) is 2. The van der Waals surface area contributed by atoms with Crippen molar-refractivity contribution in [1.82, 2.24) is 9.55 Å². The van der Waals surface area contributed by atoms with Crippen LogP contribution in [0, 0.1) is 0 Å². The number of aryl methyl sites for hydroxylation is 2. The molecule has 0 atom stereocenters. The van der Waals surface area contributed by atoms with Gasteiger partial charge in [-0.2, -0.15) is 12.6 Å². The number of thiol groups is 1. The first-order valence-corrected chi connectivity index (χ1v) is 4.61. The molecule has 2 nitrogen and oxygen atoms in total. The lowest BCUT2D eigenvalue weighted by atomic mass is 10.3. The number of hydrogen-bond donors (Lipinski definition) is 1. The van der Waals surface area contributed by atoms with Crippen LogP contribution in [0.2, 0.25) is 0 Å². The Hall–Kier alpha value is -0.440. The van der Waals surface area contributed by atoms with Crippen molar-refractivity contribution in [2.24, 2.45) is 0 Å². The molecule has 0 fully saturated rings. The molecule has 0 amide bonds. The van der Waals surface area contributed by atoms with Crippen LogP contribution in [-0.2, 0) is 13.0 Å². The summed E-state index contributed by atoms with van der Waals surface area (Å²) in [6, 6.07) is 0. The van der Waals surface area contributed by atoms with Crippen LogP contribution in [0.1, 0.15) is 19.0 Å². The van der Waals surface area contributed by atoms with Gasteiger partial charge in [0, 0.05) is 18.4 Å². The van der Waals surface area contributed by atoms with Crippen LogP contribution in [0.4, 0.5) is 0 Å². The summed E-state index contributed by atoms with van der Waals surface area (Å²) in [6.07, 6.45) is 6.05. The highest BCUT2D eigenvalue weighted by Gasteiger charge is 1.97. The molecule has 0 aliphatic rings. The molecule has 0 saturated carbocycles. The van der Waals surface area contributed by atoms with Gasteiger partial charge in [0.05, 0.1) is 6.33 Å². The third-order valence-electron chi connectivity index (χ3n) is 1.73. The number of aromatic nitrogens is 2. The molecule has 0 saturated heterocycles. The lowest BCUT2D eigenvalue weighted by molar-refractivity contribution is 0.700. The van der Waals surface area contributed by atoms with Crippen LogP contribution in [0.5, 0.6) is 0 Å². The Morgan fingerprint density at radius 3 is 3.09 bits per heavy atom. The first-order valence-electron chi connectivity index (χ1n) is 3.98. The Bertz CT molecular complexity index is 208. The Kier molecular flexibility index (Phi) is 3.49. The summed E-state index contributed by atoms with van der Waals surface area (Å²) in [5, 5.41) is 0. The average molecular weight is 170 g/mol. The van der Waals surface area contributed by atoms with Crippen molar-refractivity contribution in [1.29, 1.82) is 0 Å². The van der Waals surface area contributed by atoms with Crippen molar-refractivity contribution in [2.45, 2.75) is 26.3 Å². The number of imidazole rings is 1. The fraction of sp³-hybridized carbons (Fsp3) is 0.625. The van der Waals surface area contributed by atoms with Crippen LogP contribution in [-0.4, -0.2) is 15.3 Å². The first-order chi connectivity index (χ1) is 5.38. The van der Waals surface area contributed by atoms with Crippen LogP contribution in [0.3, 0.4) is 0 Å². The summed E-state index contributed by atoms with van der Waals surface area (Å²) >= 11 is 4.17. The van der Waals surface area contributed by atoms with Crippen molar-refractivity contribution in [3.05, 3.63) is 18.2 Å². The Labute approximate surface area is 73.0 Å². The molecule has 0 bridgehead atoms. The lowest BCUT2D eigenvalue weighted by Crippen LogP contribution is -1.99. The predicted octanol–water partition coefficient (Wildman–Crippen LogP) is 1.77. The quantitative estimate of drug-likeness (QED) is 0.682. The zero-order chi connectivity index (χ0) is 8.10. The van der Waals surface area contributed by atoms with Gasteiger partial charge >= 0.3 is 0 Å². The van der Waals surface area contributed by atoms with Crippen LogP contribution < -0.4 is 0 Å². The number of hydrogen-bond acceptors (Lipinski definition) is 2. The average Bonchev–Trinajstić information content (AvgIpc) is 2.47. The molecule has 0 N–H and O–H groups in total. The van der Waals surface area contributed by atoms with E-state index in [9.17, 15) is 0 Å². The molecule has 0 aromatic carbocycles. The van der Waals surface area contributed by atoms with Gasteiger partial charge in [-0.25, -0.2) is 4.98 Å². The smallest absolute Gasteiger partial charge is 0.0948 e. The van der Waals surface area contributed by atoms with Crippen molar-refractivity contribution in [3.63, 3.8) is 0 Å². The zero-order valence-electron chi connectivity index (χ0n) is 6.82. The van der Waals surface area contributed by atoms with Crippen LogP contribution in [0.15, 0.2) is 12.5 Å². The lowest BCUT2D eigenvalue weighted by Gasteiger charge is -2.02. The van der Waals surface area contributed by atoms with E-state index >= 15 is 0 Å². The van der Waals surface area contributed by atoms with Crippen molar-refractivity contribution in [2.75, 3.05) is 5.75 Å². The maximum absolute atomic E-state index is 4.17. The van der Waals surface area contributed by atoms with Crippen molar-refractivity contribution < 1.29 is 0 Å². The first kappa shape index (κ1) is 8.65. The van der Waals surface area contributed by atoms with E-state index in [0.717, 1.165) is 25.1 Å². The molecule has 3 heteroatoms. The van der Waals surface area contributed by atoms with Gasteiger partial charge in [-0.05, 0) is 25.5 Å². The standard InChI is InChI=1S/C8H14N2S/c1-2-10-7-9-6-8(10)4-3-5-11/h6-7,11H,2-5H2,1H3. The maximum Gasteiger partial charge on any atom is 0.0948 e. The van der Waals surface area contributed by atoms with E-state index in [-0.39, 0.29) is 0 Å². The SMILES string of the molecule is CCn1cncc1CCCS. The van der Waals surface area contributed by atoms with Gasteiger partial charge in [0.15, 0.2) is 0 Å². The molecule has 1 heterocycles. The molecular formula is C8H14N2S. The van der Waals surface area contributed by atoms with E-state index in [1.807, 2.05) is 12.5 Å². The third kappa shape index (κ3) is 2.26. The molecule has 0 aliphatic carbocycles. The van der Waals surface area contributed by atoms with E-state index in [0.29, 0.717) is 0 Å². The highest BCUT2D eigenvalue weighted by Crippen LogP contribution is 2.03. The summed E-state index contributed by atoms with van der Waals surface area (Å²) in [5.74, 6) is 0.953. The molecule has 1 aromatic heterocycles. The fourth-order valence-electron chi connectivity index (χ4n) is 1.10. The molecule has 1 aromatic rings. The minimum Gasteiger partial charge on any atom is -0.335 e. The summed E-state index contributed by atoms with van der Waals surface area (Å²) < 4.78 is 2.17. The third-order valence-corrected chi connectivity index (χ3v) is 2.05. The highest BCUT2D eigenvalue weighted by molar-refractivity contribution is 7.80. The molecule has 0 spiro atoms. The van der Waals surface area contributed by atoms with E-state index in [4.69, 9.17) is 0 Å². The summed E-state index contributed by atoms with van der Waals surface area (Å²) in [7, 11) is 0. The van der Waals surface area contributed by atoms with Gasteiger partial charge in [0.2, 0.25) is 0 Å². The second-order valence-corrected chi connectivity index (χ2v) is 2.95. The normalized spacial score (nSPS) is 10.4. The van der Waals surface area contributed by atoms with E-state index in [1.165, 1.54) is 5.69 Å². The minimum absolute atomic E-state index is 0.953.